The highest BCUT2D eigenvalue weighted by Crippen LogP contribution is 2.16. The van der Waals surface area contributed by atoms with Crippen molar-refractivity contribution in [2.75, 3.05) is 11.9 Å². The summed E-state index contributed by atoms with van der Waals surface area (Å²) in [5, 5.41) is 8.64. The minimum atomic E-state index is -0.713. The number of aromatic nitrogens is 2. The van der Waals surface area contributed by atoms with Gasteiger partial charge in [-0.05, 0) is 37.4 Å². The summed E-state index contributed by atoms with van der Waals surface area (Å²) in [5.41, 5.74) is 0.982. The Morgan fingerprint density at radius 2 is 1.96 bits per heavy atom. The highest BCUT2D eigenvalue weighted by atomic mass is 32.1. The molecular weight excluding hydrogens is 378 g/mol. The molecule has 1 amide bonds. The van der Waals surface area contributed by atoms with Crippen molar-refractivity contribution in [2.45, 2.75) is 20.3 Å². The second-order valence-corrected chi connectivity index (χ2v) is 7.05. The Bertz CT molecular complexity index is 1040. The number of hydrogen-bond donors (Lipinski definition) is 1. The standard InChI is InChI=1S/C20H19N3O4S/c1-3-27-20(26)19-16(21-17(24)11-15-5-4-10-28-15)12-18(25)23(22-19)14-8-6-13(2)7-9-14/h4-10,12H,3,11H2,1-2H3,(H,21,24). The van der Waals surface area contributed by atoms with Crippen LogP contribution >= 0.6 is 11.3 Å². The topological polar surface area (TPSA) is 90.3 Å². The Hall–Kier alpha value is -3.26. The van der Waals surface area contributed by atoms with E-state index in [2.05, 4.69) is 10.4 Å². The minimum absolute atomic E-state index is 0.0355. The van der Waals surface area contributed by atoms with E-state index in [-0.39, 0.29) is 30.3 Å². The molecule has 0 unspecified atom stereocenters. The van der Waals surface area contributed by atoms with Gasteiger partial charge in [-0.25, -0.2) is 4.79 Å². The van der Waals surface area contributed by atoms with Gasteiger partial charge in [-0.1, -0.05) is 23.8 Å². The normalized spacial score (nSPS) is 10.5. The van der Waals surface area contributed by atoms with Crippen LogP contribution in [0.4, 0.5) is 5.69 Å². The minimum Gasteiger partial charge on any atom is -0.461 e. The van der Waals surface area contributed by atoms with Crippen LogP contribution in [0.5, 0.6) is 0 Å². The lowest BCUT2D eigenvalue weighted by molar-refractivity contribution is -0.115. The highest BCUT2D eigenvalue weighted by molar-refractivity contribution is 7.10. The van der Waals surface area contributed by atoms with Crippen LogP contribution in [0.1, 0.15) is 27.9 Å². The third-order valence-corrected chi connectivity index (χ3v) is 4.74. The third-order valence-electron chi connectivity index (χ3n) is 3.87. The lowest BCUT2D eigenvalue weighted by atomic mass is 10.2. The molecule has 0 spiro atoms. The monoisotopic (exact) mass is 397 g/mol. The second-order valence-electron chi connectivity index (χ2n) is 6.02. The largest absolute Gasteiger partial charge is 0.461 e. The van der Waals surface area contributed by atoms with Crippen molar-refractivity contribution in [3.8, 4) is 5.69 Å². The molecule has 2 heterocycles. The summed E-state index contributed by atoms with van der Waals surface area (Å²) in [5.74, 6) is -1.06. The van der Waals surface area contributed by atoms with Crippen LogP contribution in [-0.2, 0) is 16.0 Å². The van der Waals surface area contributed by atoms with E-state index >= 15 is 0 Å². The maximum atomic E-state index is 12.6. The van der Waals surface area contributed by atoms with Crippen LogP contribution in [0, 0.1) is 6.92 Å². The Morgan fingerprint density at radius 1 is 1.21 bits per heavy atom. The number of amides is 1. The van der Waals surface area contributed by atoms with Crippen molar-refractivity contribution in [1.29, 1.82) is 0 Å². The number of hydrogen-bond acceptors (Lipinski definition) is 6. The number of aryl methyl sites for hydroxylation is 1. The Balaban J connectivity index is 1.97. The zero-order valence-corrected chi connectivity index (χ0v) is 16.3. The van der Waals surface area contributed by atoms with Gasteiger partial charge in [-0.3, -0.25) is 9.59 Å². The fourth-order valence-electron chi connectivity index (χ4n) is 2.54. The summed E-state index contributed by atoms with van der Waals surface area (Å²) in [7, 11) is 0. The van der Waals surface area contributed by atoms with E-state index in [9.17, 15) is 14.4 Å². The molecule has 0 aliphatic heterocycles. The zero-order chi connectivity index (χ0) is 20.1. The molecule has 0 saturated heterocycles. The summed E-state index contributed by atoms with van der Waals surface area (Å²) in [6.45, 7) is 3.74. The number of benzene rings is 1. The maximum absolute atomic E-state index is 12.6. The van der Waals surface area contributed by atoms with Crippen molar-refractivity contribution in [1.82, 2.24) is 9.78 Å². The molecule has 0 saturated carbocycles. The summed E-state index contributed by atoms with van der Waals surface area (Å²) < 4.78 is 6.15. The summed E-state index contributed by atoms with van der Waals surface area (Å²) in [4.78, 5) is 38.1. The van der Waals surface area contributed by atoms with E-state index in [1.165, 1.54) is 17.4 Å². The molecule has 0 fully saturated rings. The number of ether oxygens (including phenoxy) is 1. The van der Waals surface area contributed by atoms with Gasteiger partial charge in [0.2, 0.25) is 5.91 Å². The van der Waals surface area contributed by atoms with E-state index in [0.717, 1.165) is 15.1 Å². The average molecular weight is 397 g/mol. The van der Waals surface area contributed by atoms with Crippen molar-refractivity contribution < 1.29 is 14.3 Å². The number of anilines is 1. The molecule has 0 aliphatic rings. The van der Waals surface area contributed by atoms with Crippen LogP contribution in [0.3, 0.4) is 0 Å². The number of nitrogens with zero attached hydrogens (tertiary/aromatic N) is 2. The molecule has 0 aliphatic carbocycles. The van der Waals surface area contributed by atoms with Crippen LogP contribution < -0.4 is 10.9 Å². The first-order chi connectivity index (χ1) is 13.5. The van der Waals surface area contributed by atoms with Gasteiger partial charge in [0.1, 0.15) is 0 Å². The number of rotatable bonds is 6. The summed E-state index contributed by atoms with van der Waals surface area (Å²) in [6.07, 6.45) is 0.140. The maximum Gasteiger partial charge on any atom is 0.360 e. The molecule has 2 aromatic heterocycles. The van der Waals surface area contributed by atoms with Crippen molar-refractivity contribution in [2.24, 2.45) is 0 Å². The zero-order valence-electron chi connectivity index (χ0n) is 15.5. The highest BCUT2D eigenvalue weighted by Gasteiger charge is 2.20. The van der Waals surface area contributed by atoms with E-state index in [1.807, 2.05) is 36.6 Å². The molecule has 8 heteroatoms. The SMILES string of the molecule is CCOC(=O)c1nn(-c2ccc(C)cc2)c(=O)cc1NC(=O)Cc1cccs1. The van der Waals surface area contributed by atoms with Crippen LogP contribution in [0.15, 0.2) is 52.6 Å². The number of esters is 1. The van der Waals surface area contributed by atoms with Gasteiger partial charge in [0.05, 0.1) is 24.4 Å². The first kappa shape index (κ1) is 19.5. The molecule has 1 N–H and O–H groups in total. The molecule has 3 aromatic rings. The van der Waals surface area contributed by atoms with Crippen LogP contribution in [-0.4, -0.2) is 28.3 Å². The molecule has 0 bridgehead atoms. The average Bonchev–Trinajstić information content (AvgIpc) is 3.16. The van der Waals surface area contributed by atoms with Crippen LogP contribution in [0.25, 0.3) is 5.69 Å². The van der Waals surface area contributed by atoms with Gasteiger partial charge < -0.3 is 10.1 Å². The quantitative estimate of drug-likeness (QED) is 0.646. The number of carbonyl (C=O) groups is 2. The van der Waals surface area contributed by atoms with E-state index in [1.54, 1.807) is 19.1 Å². The van der Waals surface area contributed by atoms with Gasteiger partial charge >= 0.3 is 5.97 Å². The van der Waals surface area contributed by atoms with Crippen LogP contribution in [0.2, 0.25) is 0 Å². The van der Waals surface area contributed by atoms with Gasteiger partial charge in [0.15, 0.2) is 5.69 Å². The Kier molecular flexibility index (Phi) is 6.00. The summed E-state index contributed by atoms with van der Waals surface area (Å²) >= 11 is 1.45. The molecular formula is C20H19N3O4S. The Labute approximate surface area is 165 Å². The second kappa shape index (κ2) is 8.62. The lowest BCUT2D eigenvalue weighted by Gasteiger charge is -2.12. The fourth-order valence-corrected chi connectivity index (χ4v) is 3.24. The van der Waals surface area contributed by atoms with E-state index < -0.39 is 11.5 Å². The molecule has 28 heavy (non-hydrogen) atoms. The third kappa shape index (κ3) is 4.52. The number of nitrogens with one attached hydrogen (secondary N) is 1. The first-order valence-corrected chi connectivity index (χ1v) is 9.56. The summed E-state index contributed by atoms with van der Waals surface area (Å²) in [6, 6.07) is 12.0. The van der Waals surface area contributed by atoms with Gasteiger partial charge in [0, 0.05) is 10.9 Å². The number of carbonyl (C=O) groups excluding carboxylic acids is 2. The van der Waals surface area contributed by atoms with Gasteiger partial charge in [-0.15, -0.1) is 11.3 Å². The Morgan fingerprint density at radius 3 is 2.61 bits per heavy atom. The lowest BCUT2D eigenvalue weighted by Crippen LogP contribution is -2.27. The smallest absolute Gasteiger partial charge is 0.360 e. The first-order valence-electron chi connectivity index (χ1n) is 8.68. The van der Waals surface area contributed by atoms with Gasteiger partial charge in [-0.2, -0.15) is 9.78 Å². The molecule has 3 rings (SSSR count). The van der Waals surface area contributed by atoms with Crippen molar-refractivity contribution in [3.63, 3.8) is 0 Å². The molecule has 144 valence electrons. The van der Waals surface area contributed by atoms with Crippen molar-refractivity contribution >= 4 is 28.9 Å². The van der Waals surface area contributed by atoms with E-state index in [4.69, 9.17) is 4.74 Å². The van der Waals surface area contributed by atoms with Crippen molar-refractivity contribution in [3.05, 3.63) is 74.3 Å². The molecule has 0 atom stereocenters. The van der Waals surface area contributed by atoms with Gasteiger partial charge in [0.25, 0.3) is 5.56 Å². The number of thiophene rings is 1. The predicted molar refractivity (Wildman–Crippen MR) is 107 cm³/mol. The molecule has 0 radical (unpaired) electrons. The molecule has 7 nitrogen and oxygen atoms in total. The predicted octanol–water partition coefficient (Wildman–Crippen LogP) is 2.96. The van der Waals surface area contributed by atoms with E-state index in [0.29, 0.717) is 5.69 Å². The fraction of sp³-hybridized carbons (Fsp3) is 0.200. The molecule has 1 aromatic carbocycles.